The van der Waals surface area contributed by atoms with Gasteiger partial charge in [-0.3, -0.25) is 4.79 Å². The molecular weight excluding hydrogens is 326 g/mol. The summed E-state index contributed by atoms with van der Waals surface area (Å²) in [6.07, 6.45) is -0.362. The van der Waals surface area contributed by atoms with Gasteiger partial charge in [-0.1, -0.05) is 18.2 Å². The van der Waals surface area contributed by atoms with Crippen LogP contribution in [0.5, 0.6) is 0 Å². The van der Waals surface area contributed by atoms with E-state index < -0.39 is 0 Å². The molecule has 1 aromatic carbocycles. The molecule has 1 amide bonds. The lowest BCUT2D eigenvalue weighted by atomic mass is 10.1. The smallest absolute Gasteiger partial charge is 0.264 e. The van der Waals surface area contributed by atoms with E-state index in [1.807, 2.05) is 30.0 Å². The zero-order chi connectivity index (χ0) is 16.7. The highest BCUT2D eigenvalue weighted by molar-refractivity contribution is 7.21. The first-order valence-electron chi connectivity index (χ1n) is 7.82. The highest BCUT2D eigenvalue weighted by Crippen LogP contribution is 2.32. The number of carbonyl (C=O) groups excluding carboxylic acids is 1. The van der Waals surface area contributed by atoms with Gasteiger partial charge < -0.3 is 14.1 Å². The number of morpholine rings is 1. The van der Waals surface area contributed by atoms with Crippen LogP contribution in [0.25, 0.3) is 10.1 Å². The molecule has 0 spiro atoms. The van der Waals surface area contributed by atoms with Gasteiger partial charge in [-0.2, -0.15) is 0 Å². The van der Waals surface area contributed by atoms with Crippen molar-refractivity contribution in [3.63, 3.8) is 0 Å². The van der Waals surface area contributed by atoms with Gasteiger partial charge in [0.15, 0.2) is 6.10 Å². The van der Waals surface area contributed by atoms with Crippen LogP contribution >= 0.6 is 11.3 Å². The predicted molar refractivity (Wildman–Crippen MR) is 90.2 cm³/mol. The van der Waals surface area contributed by atoms with Crippen LogP contribution in [0.3, 0.4) is 0 Å². The van der Waals surface area contributed by atoms with E-state index in [2.05, 4.69) is 16.3 Å². The van der Waals surface area contributed by atoms with Crippen molar-refractivity contribution in [1.29, 1.82) is 0 Å². The maximum atomic E-state index is 13.0. The van der Waals surface area contributed by atoms with Crippen molar-refractivity contribution in [3.05, 3.63) is 46.5 Å². The molecule has 1 aliphatic heterocycles. The molecule has 124 valence electrons. The number of rotatable bonds is 2. The van der Waals surface area contributed by atoms with Crippen LogP contribution < -0.4 is 0 Å². The second-order valence-corrected chi connectivity index (χ2v) is 6.87. The van der Waals surface area contributed by atoms with Crippen LogP contribution in [0.4, 0.5) is 0 Å². The Kier molecular flexibility index (Phi) is 3.82. The summed E-state index contributed by atoms with van der Waals surface area (Å²) in [7, 11) is 0. The molecule has 0 saturated carbocycles. The highest BCUT2D eigenvalue weighted by Gasteiger charge is 2.31. The number of nitrogens with zero attached hydrogens (tertiary/aromatic N) is 3. The topological polar surface area (TPSA) is 68.5 Å². The van der Waals surface area contributed by atoms with Crippen molar-refractivity contribution in [2.45, 2.75) is 20.0 Å². The molecule has 3 heterocycles. The van der Waals surface area contributed by atoms with Crippen molar-refractivity contribution in [1.82, 2.24) is 15.1 Å². The minimum absolute atomic E-state index is 0.0400. The summed E-state index contributed by atoms with van der Waals surface area (Å²) in [4.78, 5) is 15.6. The Hall–Kier alpha value is -2.25. The van der Waals surface area contributed by atoms with Crippen molar-refractivity contribution in [2.24, 2.45) is 0 Å². The van der Waals surface area contributed by atoms with Crippen LogP contribution in [0.2, 0.25) is 0 Å². The van der Waals surface area contributed by atoms with Crippen molar-refractivity contribution in [2.75, 3.05) is 19.7 Å². The highest BCUT2D eigenvalue weighted by atomic mass is 32.1. The van der Waals surface area contributed by atoms with Gasteiger partial charge in [-0.15, -0.1) is 21.5 Å². The minimum atomic E-state index is -0.362. The zero-order valence-electron chi connectivity index (χ0n) is 13.5. The lowest BCUT2D eigenvalue weighted by Gasteiger charge is -2.31. The average molecular weight is 343 g/mol. The Balaban J connectivity index is 1.60. The molecule has 0 bridgehead atoms. The van der Waals surface area contributed by atoms with Gasteiger partial charge in [0.2, 0.25) is 11.8 Å². The van der Waals surface area contributed by atoms with Crippen molar-refractivity contribution >= 4 is 27.3 Å². The van der Waals surface area contributed by atoms with E-state index in [9.17, 15) is 4.79 Å². The number of fused-ring (bicyclic) bond motifs is 1. The van der Waals surface area contributed by atoms with Crippen molar-refractivity contribution < 1.29 is 13.9 Å². The molecule has 1 fully saturated rings. The number of aromatic nitrogens is 2. The largest absolute Gasteiger partial charge is 0.423 e. The molecule has 0 aliphatic carbocycles. The van der Waals surface area contributed by atoms with E-state index in [4.69, 9.17) is 9.15 Å². The van der Waals surface area contributed by atoms with Crippen molar-refractivity contribution in [3.8, 4) is 0 Å². The number of hydrogen-bond donors (Lipinski definition) is 0. The third-order valence-electron chi connectivity index (χ3n) is 4.21. The minimum Gasteiger partial charge on any atom is -0.423 e. The Morgan fingerprint density at radius 3 is 2.88 bits per heavy atom. The molecule has 6 nitrogen and oxygen atoms in total. The first kappa shape index (κ1) is 15.3. The normalized spacial score (nSPS) is 18.2. The quantitative estimate of drug-likeness (QED) is 0.715. The van der Waals surface area contributed by atoms with Gasteiger partial charge in [0.1, 0.15) is 0 Å². The summed E-state index contributed by atoms with van der Waals surface area (Å²) in [5, 5.41) is 8.99. The van der Waals surface area contributed by atoms with Crippen LogP contribution in [0, 0.1) is 13.8 Å². The third-order valence-corrected chi connectivity index (χ3v) is 5.47. The Labute approximate surface area is 143 Å². The molecule has 24 heavy (non-hydrogen) atoms. The molecule has 2 aromatic heterocycles. The number of carbonyl (C=O) groups is 1. The first-order valence-corrected chi connectivity index (χ1v) is 8.64. The van der Waals surface area contributed by atoms with E-state index in [1.165, 1.54) is 0 Å². The SMILES string of the molecule is Cc1nnc(C2CN(C(=O)c3sc4ccccc4c3C)CCO2)o1. The molecule has 1 unspecified atom stereocenters. The summed E-state index contributed by atoms with van der Waals surface area (Å²) in [6, 6.07) is 8.10. The summed E-state index contributed by atoms with van der Waals surface area (Å²) in [5.74, 6) is 0.966. The molecule has 7 heteroatoms. The average Bonchev–Trinajstić information content (AvgIpc) is 3.19. The van der Waals surface area contributed by atoms with E-state index in [1.54, 1.807) is 18.3 Å². The van der Waals surface area contributed by atoms with Crippen LogP contribution in [0.1, 0.15) is 33.1 Å². The fourth-order valence-electron chi connectivity index (χ4n) is 2.95. The molecule has 3 aromatic rings. The number of thiophene rings is 1. The maximum Gasteiger partial charge on any atom is 0.264 e. The number of amides is 1. The fourth-order valence-corrected chi connectivity index (χ4v) is 4.12. The van der Waals surface area contributed by atoms with Gasteiger partial charge >= 0.3 is 0 Å². The predicted octanol–water partition coefficient (Wildman–Crippen LogP) is 3.11. The molecular formula is C17H17N3O3S. The lowest BCUT2D eigenvalue weighted by molar-refractivity contribution is -0.0348. The molecule has 0 N–H and O–H groups in total. The maximum absolute atomic E-state index is 13.0. The van der Waals surface area contributed by atoms with Crippen LogP contribution in [0.15, 0.2) is 28.7 Å². The standard InChI is InChI=1S/C17H17N3O3S/c1-10-12-5-3-4-6-14(12)24-15(10)17(21)20-7-8-22-13(9-20)16-19-18-11(2)23-16/h3-6,13H,7-9H2,1-2H3. The van der Waals surface area contributed by atoms with Gasteiger partial charge in [0.05, 0.1) is 18.0 Å². The summed E-state index contributed by atoms with van der Waals surface area (Å²) >= 11 is 1.54. The van der Waals surface area contributed by atoms with Crippen LogP contribution in [-0.2, 0) is 4.74 Å². The Morgan fingerprint density at radius 2 is 2.12 bits per heavy atom. The lowest BCUT2D eigenvalue weighted by Crippen LogP contribution is -2.42. The molecule has 1 saturated heterocycles. The van der Waals surface area contributed by atoms with Crippen LogP contribution in [-0.4, -0.2) is 40.7 Å². The van der Waals surface area contributed by atoms with E-state index in [0.29, 0.717) is 31.5 Å². The summed E-state index contributed by atoms with van der Waals surface area (Å²) in [5.41, 5.74) is 1.04. The van der Waals surface area contributed by atoms with E-state index in [-0.39, 0.29) is 12.0 Å². The molecule has 0 radical (unpaired) electrons. The Bertz CT molecular complexity index is 902. The van der Waals surface area contributed by atoms with Gasteiger partial charge in [-0.25, -0.2) is 0 Å². The number of hydrogen-bond acceptors (Lipinski definition) is 6. The Morgan fingerprint density at radius 1 is 1.29 bits per heavy atom. The molecule has 1 aliphatic rings. The van der Waals surface area contributed by atoms with E-state index >= 15 is 0 Å². The summed E-state index contributed by atoms with van der Waals surface area (Å²) < 4.78 is 12.3. The van der Waals surface area contributed by atoms with Gasteiger partial charge in [0, 0.05) is 18.2 Å². The second kappa shape index (κ2) is 5.99. The first-order chi connectivity index (χ1) is 11.6. The zero-order valence-corrected chi connectivity index (χ0v) is 14.3. The van der Waals surface area contributed by atoms with Gasteiger partial charge in [-0.05, 0) is 23.9 Å². The fraction of sp³-hybridized carbons (Fsp3) is 0.353. The second-order valence-electron chi connectivity index (χ2n) is 5.82. The summed E-state index contributed by atoms with van der Waals surface area (Å²) in [6.45, 7) is 5.19. The third kappa shape index (κ3) is 2.59. The number of ether oxygens (including phenoxy) is 1. The van der Waals surface area contributed by atoms with Gasteiger partial charge in [0.25, 0.3) is 5.91 Å². The monoisotopic (exact) mass is 343 g/mol. The molecule has 4 rings (SSSR count). The number of benzene rings is 1. The van der Waals surface area contributed by atoms with E-state index in [0.717, 1.165) is 20.5 Å². The number of aryl methyl sites for hydroxylation is 2. The molecule has 1 atom stereocenters.